The maximum Gasteiger partial charge on any atom is 0.150 e. The number of hydrogen-bond acceptors (Lipinski definition) is 3. The number of nitrogen functional groups attached to an aromatic ring is 1. The van der Waals surface area contributed by atoms with Crippen molar-refractivity contribution >= 4 is 12.1 Å². The van der Waals surface area contributed by atoms with Gasteiger partial charge in [-0.3, -0.25) is 9.89 Å². The first-order valence-electron chi connectivity index (χ1n) is 4.58. The molecule has 0 saturated heterocycles. The molecule has 0 amide bonds. The molecule has 0 atom stereocenters. The summed E-state index contributed by atoms with van der Waals surface area (Å²) in [6, 6.07) is 7.32. The van der Waals surface area contributed by atoms with Gasteiger partial charge in [0.2, 0.25) is 0 Å². The van der Waals surface area contributed by atoms with Crippen molar-refractivity contribution in [1.29, 1.82) is 0 Å². The van der Waals surface area contributed by atoms with E-state index in [1.807, 2.05) is 19.1 Å². The minimum Gasteiger partial charge on any atom is -0.382 e. The minimum atomic E-state index is 0.420. The van der Waals surface area contributed by atoms with Crippen molar-refractivity contribution < 1.29 is 4.79 Å². The van der Waals surface area contributed by atoms with Gasteiger partial charge in [-0.15, -0.1) is 0 Å². The zero-order valence-electron chi connectivity index (χ0n) is 8.32. The number of H-pyrrole nitrogens is 1. The van der Waals surface area contributed by atoms with Crippen LogP contribution in [0.2, 0.25) is 0 Å². The summed E-state index contributed by atoms with van der Waals surface area (Å²) < 4.78 is 0. The van der Waals surface area contributed by atoms with Crippen LogP contribution in [-0.2, 0) is 0 Å². The van der Waals surface area contributed by atoms with Gasteiger partial charge in [0.1, 0.15) is 5.82 Å². The van der Waals surface area contributed by atoms with E-state index in [-0.39, 0.29) is 0 Å². The molecule has 0 aliphatic heterocycles. The summed E-state index contributed by atoms with van der Waals surface area (Å²) in [4.78, 5) is 10.9. The van der Waals surface area contributed by atoms with Crippen LogP contribution in [0.25, 0.3) is 11.3 Å². The highest BCUT2D eigenvalue weighted by molar-refractivity contribution is 5.87. The summed E-state index contributed by atoms with van der Waals surface area (Å²) in [5.74, 6) is 0.420. The normalized spacial score (nSPS) is 10.2. The second kappa shape index (κ2) is 3.57. The third kappa shape index (κ3) is 1.74. The van der Waals surface area contributed by atoms with Gasteiger partial charge in [0.05, 0.1) is 5.69 Å². The average molecular weight is 201 g/mol. The fourth-order valence-corrected chi connectivity index (χ4v) is 1.48. The summed E-state index contributed by atoms with van der Waals surface area (Å²) in [7, 11) is 0. The molecule has 15 heavy (non-hydrogen) atoms. The Morgan fingerprint density at radius 3 is 2.80 bits per heavy atom. The Bertz CT molecular complexity index is 502. The lowest BCUT2D eigenvalue weighted by Gasteiger charge is -2.02. The molecule has 0 saturated carbocycles. The van der Waals surface area contributed by atoms with Crippen LogP contribution in [0.4, 0.5) is 5.82 Å². The summed E-state index contributed by atoms with van der Waals surface area (Å²) >= 11 is 0. The zero-order chi connectivity index (χ0) is 10.8. The lowest BCUT2D eigenvalue weighted by Crippen LogP contribution is -1.88. The molecule has 0 aliphatic rings. The van der Waals surface area contributed by atoms with E-state index in [1.165, 1.54) is 0 Å². The van der Waals surface area contributed by atoms with Gasteiger partial charge in [0.25, 0.3) is 0 Å². The molecule has 0 aliphatic carbocycles. The number of hydrogen-bond donors (Lipinski definition) is 2. The van der Waals surface area contributed by atoms with Gasteiger partial charge in [0, 0.05) is 17.2 Å². The third-order valence-corrected chi connectivity index (χ3v) is 2.22. The first-order valence-corrected chi connectivity index (χ1v) is 4.58. The van der Waals surface area contributed by atoms with Crippen LogP contribution in [0, 0.1) is 6.92 Å². The van der Waals surface area contributed by atoms with Crippen molar-refractivity contribution in [3.05, 3.63) is 35.4 Å². The SMILES string of the molecule is Cc1ccc(C=O)c(-c2cc(N)n[nH]2)c1. The van der Waals surface area contributed by atoms with Crippen molar-refractivity contribution in [3.63, 3.8) is 0 Å². The average Bonchev–Trinajstić information content (AvgIpc) is 2.65. The van der Waals surface area contributed by atoms with E-state index in [4.69, 9.17) is 5.73 Å². The Hall–Kier alpha value is -2.10. The lowest BCUT2D eigenvalue weighted by atomic mass is 10.0. The highest BCUT2D eigenvalue weighted by atomic mass is 16.1. The number of nitrogens with two attached hydrogens (primary N) is 1. The molecule has 0 spiro atoms. The highest BCUT2D eigenvalue weighted by Gasteiger charge is 2.07. The van der Waals surface area contributed by atoms with Crippen molar-refractivity contribution in [3.8, 4) is 11.3 Å². The maximum atomic E-state index is 10.9. The number of nitrogens with zero attached hydrogens (tertiary/aromatic N) is 1. The van der Waals surface area contributed by atoms with Crippen LogP contribution >= 0.6 is 0 Å². The van der Waals surface area contributed by atoms with Gasteiger partial charge in [0.15, 0.2) is 6.29 Å². The van der Waals surface area contributed by atoms with Gasteiger partial charge in [-0.05, 0) is 13.0 Å². The lowest BCUT2D eigenvalue weighted by molar-refractivity contribution is 0.112. The first-order chi connectivity index (χ1) is 7.20. The number of benzene rings is 1. The quantitative estimate of drug-likeness (QED) is 0.727. The maximum absolute atomic E-state index is 10.9. The van der Waals surface area contributed by atoms with E-state index in [0.717, 1.165) is 23.1 Å². The monoisotopic (exact) mass is 201 g/mol. The molecule has 2 aromatic rings. The number of carbonyl (C=O) groups is 1. The van der Waals surface area contributed by atoms with Gasteiger partial charge < -0.3 is 5.73 Å². The van der Waals surface area contributed by atoms with Gasteiger partial charge >= 0.3 is 0 Å². The fourth-order valence-electron chi connectivity index (χ4n) is 1.48. The molecule has 4 nitrogen and oxygen atoms in total. The Labute approximate surface area is 87.1 Å². The van der Waals surface area contributed by atoms with E-state index in [9.17, 15) is 4.79 Å². The molecular weight excluding hydrogens is 190 g/mol. The van der Waals surface area contributed by atoms with E-state index in [0.29, 0.717) is 11.4 Å². The smallest absolute Gasteiger partial charge is 0.150 e. The Kier molecular flexibility index (Phi) is 2.25. The number of aldehydes is 1. The number of anilines is 1. The van der Waals surface area contributed by atoms with Crippen LogP contribution in [-0.4, -0.2) is 16.5 Å². The number of aromatic amines is 1. The van der Waals surface area contributed by atoms with Crippen LogP contribution in [0.1, 0.15) is 15.9 Å². The molecule has 0 radical (unpaired) electrons. The molecule has 1 heterocycles. The molecule has 4 heteroatoms. The molecule has 2 rings (SSSR count). The molecular formula is C11H11N3O. The van der Waals surface area contributed by atoms with Gasteiger partial charge in [-0.25, -0.2) is 0 Å². The largest absolute Gasteiger partial charge is 0.382 e. The standard InChI is InChI=1S/C11H11N3O/c1-7-2-3-8(6-15)9(4-7)10-5-11(12)14-13-10/h2-6H,1H3,(H3,12,13,14). The van der Waals surface area contributed by atoms with Crippen LogP contribution in [0.3, 0.4) is 0 Å². The van der Waals surface area contributed by atoms with Crippen LogP contribution in [0.15, 0.2) is 24.3 Å². The predicted molar refractivity (Wildman–Crippen MR) is 58.6 cm³/mol. The van der Waals surface area contributed by atoms with Crippen LogP contribution in [0.5, 0.6) is 0 Å². The second-order valence-electron chi connectivity index (χ2n) is 3.42. The molecule has 1 aromatic heterocycles. The van der Waals surface area contributed by atoms with E-state index >= 15 is 0 Å². The van der Waals surface area contributed by atoms with Crippen molar-refractivity contribution in [2.24, 2.45) is 0 Å². The molecule has 0 unspecified atom stereocenters. The number of aromatic nitrogens is 2. The van der Waals surface area contributed by atoms with Crippen molar-refractivity contribution in [2.75, 3.05) is 5.73 Å². The third-order valence-electron chi connectivity index (χ3n) is 2.22. The Morgan fingerprint density at radius 2 is 2.20 bits per heavy atom. The van der Waals surface area contributed by atoms with Crippen LogP contribution < -0.4 is 5.73 Å². The molecule has 0 fully saturated rings. The Morgan fingerprint density at radius 1 is 1.40 bits per heavy atom. The minimum absolute atomic E-state index is 0.420. The number of aryl methyl sites for hydroxylation is 1. The molecule has 0 bridgehead atoms. The molecule has 1 aromatic carbocycles. The topological polar surface area (TPSA) is 71.8 Å². The fraction of sp³-hybridized carbons (Fsp3) is 0.0909. The number of nitrogens with one attached hydrogen (secondary N) is 1. The van der Waals surface area contributed by atoms with Gasteiger partial charge in [-0.1, -0.05) is 17.7 Å². The summed E-state index contributed by atoms with van der Waals surface area (Å²) in [5.41, 5.74) is 8.82. The predicted octanol–water partition coefficient (Wildman–Crippen LogP) is 1.78. The number of rotatable bonds is 2. The summed E-state index contributed by atoms with van der Waals surface area (Å²) in [5, 5.41) is 6.62. The molecule has 76 valence electrons. The first kappa shape index (κ1) is 9.45. The van der Waals surface area contributed by atoms with E-state index in [1.54, 1.807) is 12.1 Å². The molecule has 3 N–H and O–H groups in total. The summed E-state index contributed by atoms with van der Waals surface area (Å²) in [6.07, 6.45) is 0.825. The van der Waals surface area contributed by atoms with Gasteiger partial charge in [-0.2, -0.15) is 5.10 Å². The number of carbonyl (C=O) groups excluding carboxylic acids is 1. The van der Waals surface area contributed by atoms with Crippen molar-refractivity contribution in [2.45, 2.75) is 6.92 Å². The summed E-state index contributed by atoms with van der Waals surface area (Å²) in [6.45, 7) is 1.97. The highest BCUT2D eigenvalue weighted by Crippen LogP contribution is 2.23. The van der Waals surface area contributed by atoms with E-state index < -0.39 is 0 Å². The van der Waals surface area contributed by atoms with Crippen molar-refractivity contribution in [1.82, 2.24) is 10.2 Å². The zero-order valence-corrected chi connectivity index (χ0v) is 8.32. The Balaban J connectivity index is 2.59. The van der Waals surface area contributed by atoms with E-state index in [2.05, 4.69) is 10.2 Å². The second-order valence-corrected chi connectivity index (χ2v) is 3.42.